The third-order valence-corrected chi connectivity index (χ3v) is 4.17. The maximum absolute atomic E-state index is 12.6. The lowest BCUT2D eigenvalue weighted by atomic mass is 10.0. The van der Waals surface area contributed by atoms with E-state index in [0.29, 0.717) is 9.58 Å². The molecule has 0 bridgehead atoms. The lowest BCUT2D eigenvalue weighted by Crippen LogP contribution is -2.44. The zero-order chi connectivity index (χ0) is 20.4. The molecule has 0 saturated carbocycles. The minimum atomic E-state index is -0.397. The van der Waals surface area contributed by atoms with Gasteiger partial charge in [-0.2, -0.15) is 5.10 Å². The van der Waals surface area contributed by atoms with Crippen molar-refractivity contribution in [2.75, 3.05) is 11.9 Å². The van der Waals surface area contributed by atoms with Gasteiger partial charge >= 0.3 is 11.9 Å². The van der Waals surface area contributed by atoms with Crippen molar-refractivity contribution >= 4 is 23.0 Å². The number of fused-ring (bicyclic) bond motifs is 1. The van der Waals surface area contributed by atoms with Crippen LogP contribution in [0.3, 0.4) is 0 Å². The number of aromatic amines is 1. The van der Waals surface area contributed by atoms with Gasteiger partial charge in [-0.1, -0.05) is 6.07 Å². The van der Waals surface area contributed by atoms with Gasteiger partial charge in [-0.3, -0.25) is 15.2 Å². The standard InChI is InChI=1S/C18H22N6O4/c1-10(2)28-16(25)7-8-19-18-22-24(27)15-9-13(5-6-14(15)23(18)26)17-11(3)20-21-12(17)4/h5-6,9-10H,7-8H2,1-4H3,(H,19,22)(H,20,21). The van der Waals surface area contributed by atoms with E-state index in [9.17, 15) is 15.2 Å². The number of hydrogen-bond acceptors (Lipinski definition) is 7. The van der Waals surface area contributed by atoms with Crippen LogP contribution in [0.4, 0.5) is 5.95 Å². The molecule has 3 aromatic rings. The Hall–Kier alpha value is -3.43. The van der Waals surface area contributed by atoms with Gasteiger partial charge in [-0.25, -0.2) is 4.73 Å². The van der Waals surface area contributed by atoms with Crippen LogP contribution in [0.25, 0.3) is 22.2 Å². The molecule has 0 aliphatic heterocycles. The number of hydrogen-bond donors (Lipinski definition) is 2. The van der Waals surface area contributed by atoms with Gasteiger partial charge in [0.05, 0.1) is 24.8 Å². The second-order valence-corrected chi connectivity index (χ2v) is 6.72. The predicted octanol–water partition coefficient (Wildman–Crippen LogP) is 1.26. The number of aromatic nitrogens is 5. The van der Waals surface area contributed by atoms with Gasteiger partial charge in [-0.05, 0) is 39.3 Å². The number of rotatable bonds is 6. The summed E-state index contributed by atoms with van der Waals surface area (Å²) in [5, 5.41) is 38.5. The van der Waals surface area contributed by atoms with Crippen LogP contribution in [0.5, 0.6) is 0 Å². The van der Waals surface area contributed by atoms with Crippen LogP contribution < -0.4 is 14.9 Å². The number of nitrogens with one attached hydrogen (secondary N) is 2. The van der Waals surface area contributed by atoms with E-state index in [0.717, 1.165) is 22.5 Å². The van der Waals surface area contributed by atoms with Crippen molar-refractivity contribution in [2.45, 2.75) is 40.2 Å². The molecule has 0 atom stereocenters. The van der Waals surface area contributed by atoms with Crippen molar-refractivity contribution in [2.24, 2.45) is 0 Å². The molecule has 10 nitrogen and oxygen atoms in total. The van der Waals surface area contributed by atoms with Crippen LogP contribution in [0, 0.1) is 24.3 Å². The molecule has 3 rings (SSSR count). The third kappa shape index (κ3) is 3.80. The first-order chi connectivity index (χ1) is 13.3. The summed E-state index contributed by atoms with van der Waals surface area (Å²) >= 11 is 0. The van der Waals surface area contributed by atoms with Gasteiger partial charge < -0.3 is 15.2 Å². The highest BCUT2D eigenvalue weighted by atomic mass is 16.5. The molecule has 0 fully saturated rings. The summed E-state index contributed by atoms with van der Waals surface area (Å²) in [4.78, 5) is 12.0. The molecule has 0 spiro atoms. The molecule has 0 saturated heterocycles. The average molecular weight is 386 g/mol. The quantitative estimate of drug-likeness (QED) is 0.370. The molecule has 0 radical (unpaired) electrons. The van der Waals surface area contributed by atoms with E-state index in [4.69, 9.17) is 4.74 Å². The molecule has 28 heavy (non-hydrogen) atoms. The minimum Gasteiger partial charge on any atom is -0.739 e. The molecule has 0 amide bonds. The Morgan fingerprint density at radius 1 is 1.29 bits per heavy atom. The Morgan fingerprint density at radius 3 is 2.68 bits per heavy atom. The predicted molar refractivity (Wildman–Crippen MR) is 101 cm³/mol. The Kier molecular flexibility index (Phi) is 5.30. The normalized spacial score (nSPS) is 11.2. The third-order valence-electron chi connectivity index (χ3n) is 4.17. The highest BCUT2D eigenvalue weighted by Crippen LogP contribution is 2.26. The van der Waals surface area contributed by atoms with Gasteiger partial charge in [0, 0.05) is 22.2 Å². The van der Waals surface area contributed by atoms with Crippen LogP contribution in [0.1, 0.15) is 31.7 Å². The Balaban J connectivity index is 1.87. The SMILES string of the molecule is Cc1n[nH]c(C)c1-c1ccc2c(c1)[n+]([O-])nc(NCCC(=O)OC(C)C)[n+]2[O-]. The van der Waals surface area contributed by atoms with Crippen LogP contribution in [0.15, 0.2) is 18.2 Å². The largest absolute Gasteiger partial charge is 0.739 e. The molecule has 2 heterocycles. The topological polar surface area (TPSA) is 134 Å². The summed E-state index contributed by atoms with van der Waals surface area (Å²) in [5.74, 6) is -0.575. The van der Waals surface area contributed by atoms with Gasteiger partial charge in [0.15, 0.2) is 5.52 Å². The fraction of sp³-hybridized carbons (Fsp3) is 0.389. The zero-order valence-electron chi connectivity index (χ0n) is 16.1. The van der Waals surface area contributed by atoms with Crippen LogP contribution in [-0.4, -0.2) is 33.9 Å². The maximum atomic E-state index is 12.6. The van der Waals surface area contributed by atoms with E-state index in [-0.39, 0.29) is 36.1 Å². The van der Waals surface area contributed by atoms with Crippen molar-refractivity contribution in [3.05, 3.63) is 40.0 Å². The fourth-order valence-electron chi connectivity index (χ4n) is 2.98. The van der Waals surface area contributed by atoms with E-state index in [1.807, 2.05) is 13.8 Å². The minimum absolute atomic E-state index is 0.0503. The average Bonchev–Trinajstić information content (AvgIpc) is 2.96. The summed E-state index contributed by atoms with van der Waals surface area (Å²) in [6, 6.07) is 4.93. The van der Waals surface area contributed by atoms with E-state index in [1.165, 1.54) is 0 Å². The van der Waals surface area contributed by atoms with Gasteiger partial charge in [0.25, 0.3) is 5.52 Å². The van der Waals surface area contributed by atoms with E-state index >= 15 is 0 Å². The number of carbonyl (C=O) groups excluding carboxylic acids is 1. The molecule has 2 aromatic heterocycles. The number of anilines is 1. The highest BCUT2D eigenvalue weighted by molar-refractivity contribution is 5.79. The number of esters is 1. The number of aryl methyl sites for hydroxylation is 2. The number of H-pyrrole nitrogens is 1. The first-order valence-corrected chi connectivity index (χ1v) is 8.90. The van der Waals surface area contributed by atoms with E-state index in [2.05, 4.69) is 20.6 Å². The zero-order valence-corrected chi connectivity index (χ0v) is 16.1. The van der Waals surface area contributed by atoms with Gasteiger partial charge in [0.1, 0.15) is 0 Å². The van der Waals surface area contributed by atoms with Gasteiger partial charge in [-0.15, -0.1) is 0 Å². The summed E-state index contributed by atoms with van der Waals surface area (Å²) in [6.07, 6.45) is -0.161. The molecule has 0 aliphatic carbocycles. The van der Waals surface area contributed by atoms with Crippen LogP contribution >= 0.6 is 0 Å². The number of carbonyl (C=O) groups is 1. The molecule has 10 heteroatoms. The Labute approximate surface area is 161 Å². The van der Waals surface area contributed by atoms with Crippen LogP contribution in [0.2, 0.25) is 0 Å². The molecular weight excluding hydrogens is 364 g/mol. The smallest absolute Gasteiger partial charge is 0.460 e. The highest BCUT2D eigenvalue weighted by Gasteiger charge is 2.22. The first kappa shape index (κ1) is 19.3. The molecule has 0 unspecified atom stereocenters. The number of nitrogens with zero attached hydrogens (tertiary/aromatic N) is 4. The second-order valence-electron chi connectivity index (χ2n) is 6.72. The lowest BCUT2D eigenvalue weighted by molar-refractivity contribution is -0.672. The molecule has 148 valence electrons. The number of ether oxygens (including phenoxy) is 1. The van der Waals surface area contributed by atoms with Crippen molar-refractivity contribution in [3.8, 4) is 11.1 Å². The molecule has 1 aromatic carbocycles. The van der Waals surface area contributed by atoms with Crippen molar-refractivity contribution in [1.82, 2.24) is 15.3 Å². The fourth-order valence-corrected chi connectivity index (χ4v) is 2.98. The Bertz CT molecular complexity index is 1010. The van der Waals surface area contributed by atoms with E-state index in [1.54, 1.807) is 32.0 Å². The molecule has 0 aliphatic rings. The van der Waals surface area contributed by atoms with Crippen molar-refractivity contribution in [3.63, 3.8) is 0 Å². The lowest BCUT2D eigenvalue weighted by Gasteiger charge is -2.11. The number of benzene rings is 1. The maximum Gasteiger partial charge on any atom is 0.460 e. The van der Waals surface area contributed by atoms with E-state index < -0.39 is 5.97 Å². The summed E-state index contributed by atoms with van der Waals surface area (Å²) in [5.41, 5.74) is 3.61. The molecule has 2 N–H and O–H groups in total. The summed E-state index contributed by atoms with van der Waals surface area (Å²) in [6.45, 7) is 7.37. The van der Waals surface area contributed by atoms with Crippen molar-refractivity contribution in [1.29, 1.82) is 0 Å². The summed E-state index contributed by atoms with van der Waals surface area (Å²) in [7, 11) is 0. The van der Waals surface area contributed by atoms with Crippen LogP contribution in [-0.2, 0) is 9.53 Å². The second kappa shape index (κ2) is 7.67. The summed E-state index contributed by atoms with van der Waals surface area (Å²) < 4.78 is 5.56. The Morgan fingerprint density at radius 2 is 2.04 bits per heavy atom. The first-order valence-electron chi connectivity index (χ1n) is 8.90. The monoisotopic (exact) mass is 386 g/mol. The van der Waals surface area contributed by atoms with Gasteiger partial charge in [0.2, 0.25) is 5.10 Å². The molecular formula is C18H22N6O4. The van der Waals surface area contributed by atoms with Crippen molar-refractivity contribution < 1.29 is 19.1 Å².